The number of cyclic esters (lactones) is 1. The molecule has 1 fully saturated rings. The van der Waals surface area contributed by atoms with Gasteiger partial charge in [-0.25, -0.2) is 4.79 Å². The van der Waals surface area contributed by atoms with Crippen molar-refractivity contribution < 1.29 is 19.1 Å². The lowest BCUT2D eigenvalue weighted by Crippen LogP contribution is -2.47. The highest BCUT2D eigenvalue weighted by Gasteiger charge is 2.47. The molecule has 0 aromatic heterocycles. The predicted octanol–water partition coefficient (Wildman–Crippen LogP) is 5.39. The highest BCUT2D eigenvalue weighted by atomic mass is 16.6. The Morgan fingerprint density at radius 3 is 2.24 bits per heavy atom. The molecule has 1 aliphatic rings. The zero-order valence-electron chi connectivity index (χ0n) is 21.7. The molecular weight excluding hydrogens is 466 g/mol. The van der Waals surface area contributed by atoms with Gasteiger partial charge in [-0.1, -0.05) is 73.5 Å². The Hall–Kier alpha value is -4.13. The van der Waals surface area contributed by atoms with Crippen molar-refractivity contribution in [2.75, 3.05) is 11.9 Å². The van der Waals surface area contributed by atoms with E-state index in [4.69, 9.17) is 4.74 Å². The number of amides is 3. The van der Waals surface area contributed by atoms with Crippen molar-refractivity contribution in [3.05, 3.63) is 101 Å². The maximum Gasteiger partial charge on any atom is 0.411 e. The molecule has 2 atom stereocenters. The number of hydrogen-bond acceptors (Lipinski definition) is 4. The second-order valence-electron chi connectivity index (χ2n) is 9.95. The van der Waals surface area contributed by atoms with Gasteiger partial charge in [0.15, 0.2) is 12.1 Å². The molecule has 4 rings (SSSR count). The minimum Gasteiger partial charge on any atom is -0.438 e. The number of rotatable bonds is 8. The third-order valence-corrected chi connectivity index (χ3v) is 6.30. The highest BCUT2D eigenvalue weighted by Crippen LogP contribution is 2.35. The largest absolute Gasteiger partial charge is 0.438 e. The fraction of sp³-hybridized carbons (Fsp3) is 0.300. The minimum absolute atomic E-state index is 0.243. The van der Waals surface area contributed by atoms with E-state index in [-0.39, 0.29) is 24.3 Å². The average molecular weight is 500 g/mol. The van der Waals surface area contributed by atoms with Crippen molar-refractivity contribution in [1.29, 1.82) is 0 Å². The van der Waals surface area contributed by atoms with E-state index >= 15 is 0 Å². The summed E-state index contributed by atoms with van der Waals surface area (Å²) in [5.74, 6) is -0.259. The van der Waals surface area contributed by atoms with Crippen LogP contribution >= 0.6 is 0 Å². The van der Waals surface area contributed by atoms with Gasteiger partial charge in [-0.2, -0.15) is 0 Å². The summed E-state index contributed by atoms with van der Waals surface area (Å²) in [6.07, 6.45) is -1.37. The van der Waals surface area contributed by atoms with Gasteiger partial charge in [-0.15, -0.1) is 0 Å². The molecule has 0 aliphatic carbocycles. The quantitative estimate of drug-likeness (QED) is 0.435. The first-order valence-electron chi connectivity index (χ1n) is 12.5. The van der Waals surface area contributed by atoms with Crippen LogP contribution in [0.1, 0.15) is 52.6 Å². The lowest BCUT2D eigenvalue weighted by Gasteiger charge is -2.25. The fourth-order valence-electron chi connectivity index (χ4n) is 4.21. The molecule has 0 bridgehead atoms. The van der Waals surface area contributed by atoms with E-state index in [2.05, 4.69) is 10.6 Å². The first-order chi connectivity index (χ1) is 17.7. The van der Waals surface area contributed by atoms with Crippen molar-refractivity contribution >= 4 is 23.6 Å². The second kappa shape index (κ2) is 11.3. The van der Waals surface area contributed by atoms with Gasteiger partial charge in [0.25, 0.3) is 5.91 Å². The zero-order chi connectivity index (χ0) is 26.5. The molecular formula is C30H33N3O4. The van der Waals surface area contributed by atoms with Crippen LogP contribution in [0.3, 0.4) is 0 Å². The van der Waals surface area contributed by atoms with E-state index in [1.165, 1.54) is 4.90 Å². The van der Waals surface area contributed by atoms with Gasteiger partial charge in [0.1, 0.15) is 0 Å². The summed E-state index contributed by atoms with van der Waals surface area (Å²) >= 11 is 0. The smallest absolute Gasteiger partial charge is 0.411 e. The minimum atomic E-state index is -0.851. The Balaban J connectivity index is 1.59. The normalized spacial score (nSPS) is 17.0. The molecule has 7 nitrogen and oxygen atoms in total. The summed E-state index contributed by atoms with van der Waals surface area (Å²) in [7, 11) is 0. The van der Waals surface area contributed by atoms with Gasteiger partial charge in [-0.3, -0.25) is 14.5 Å². The van der Waals surface area contributed by atoms with Crippen LogP contribution in [-0.4, -0.2) is 35.4 Å². The van der Waals surface area contributed by atoms with E-state index in [1.807, 2.05) is 64.1 Å². The molecule has 3 aromatic rings. The lowest BCUT2D eigenvalue weighted by atomic mass is 9.99. The summed E-state index contributed by atoms with van der Waals surface area (Å²) in [4.78, 5) is 40.6. The molecule has 37 heavy (non-hydrogen) atoms. The Kier molecular flexibility index (Phi) is 7.92. The highest BCUT2D eigenvalue weighted by molar-refractivity contribution is 6.04. The number of hydrogen-bond donors (Lipinski definition) is 2. The van der Waals surface area contributed by atoms with E-state index < -0.39 is 18.2 Å². The molecule has 2 N–H and O–H groups in total. The number of aryl methyl sites for hydroxylation is 2. The Morgan fingerprint density at radius 1 is 0.946 bits per heavy atom. The lowest BCUT2D eigenvalue weighted by molar-refractivity contribution is -0.126. The molecule has 7 heteroatoms. The van der Waals surface area contributed by atoms with Gasteiger partial charge in [-0.05, 0) is 55.2 Å². The van der Waals surface area contributed by atoms with Crippen molar-refractivity contribution in [2.24, 2.45) is 5.92 Å². The first kappa shape index (κ1) is 25.9. The van der Waals surface area contributed by atoms with E-state index in [1.54, 1.807) is 36.4 Å². The van der Waals surface area contributed by atoms with Crippen LogP contribution in [0.5, 0.6) is 0 Å². The van der Waals surface area contributed by atoms with Gasteiger partial charge >= 0.3 is 6.09 Å². The van der Waals surface area contributed by atoms with Gasteiger partial charge in [0.2, 0.25) is 5.91 Å². The van der Waals surface area contributed by atoms with E-state index in [0.29, 0.717) is 23.4 Å². The van der Waals surface area contributed by atoms with E-state index in [9.17, 15) is 14.4 Å². The standard InChI is InChI=1S/C30H33N3O4/c1-19(2)17-31-29(35)26-27(37-30(36)33(26)18-22-12-8-20(3)9-13-22)24-6-5-7-25(16-24)32-28(34)23-14-10-21(4)11-15-23/h5-16,19,26-27H,17-18H2,1-4H3,(H,31,35)(H,32,34)/t26-,27-/m1/s1. The maximum absolute atomic E-state index is 13.4. The molecule has 192 valence electrons. The van der Waals surface area contributed by atoms with Crippen LogP contribution < -0.4 is 10.6 Å². The SMILES string of the molecule is Cc1ccc(CN2C(=O)O[C@H](c3cccc(NC(=O)c4ccc(C)cc4)c3)[C@@H]2C(=O)NCC(C)C)cc1. The molecule has 0 spiro atoms. The number of nitrogens with one attached hydrogen (secondary N) is 2. The molecule has 0 unspecified atom stereocenters. The molecule has 0 saturated carbocycles. The third kappa shape index (κ3) is 6.36. The van der Waals surface area contributed by atoms with Crippen LogP contribution in [0.2, 0.25) is 0 Å². The Labute approximate surface area is 217 Å². The molecule has 1 saturated heterocycles. The Bertz CT molecular complexity index is 1270. The number of anilines is 1. The maximum atomic E-state index is 13.4. The van der Waals surface area contributed by atoms with Crippen molar-refractivity contribution in [2.45, 2.75) is 46.4 Å². The fourth-order valence-corrected chi connectivity index (χ4v) is 4.21. The number of benzene rings is 3. The summed E-state index contributed by atoms with van der Waals surface area (Å²) in [5, 5.41) is 5.86. The number of ether oxygens (including phenoxy) is 1. The summed E-state index contributed by atoms with van der Waals surface area (Å²) in [6.45, 7) is 8.72. The molecule has 3 aromatic carbocycles. The number of carbonyl (C=O) groups excluding carboxylic acids is 3. The second-order valence-corrected chi connectivity index (χ2v) is 9.95. The van der Waals surface area contributed by atoms with Crippen molar-refractivity contribution in [3.8, 4) is 0 Å². The van der Waals surface area contributed by atoms with Crippen LogP contribution in [0.4, 0.5) is 10.5 Å². The monoisotopic (exact) mass is 499 g/mol. The third-order valence-electron chi connectivity index (χ3n) is 6.30. The van der Waals surface area contributed by atoms with Crippen molar-refractivity contribution in [1.82, 2.24) is 10.2 Å². The van der Waals surface area contributed by atoms with Crippen LogP contribution in [0.25, 0.3) is 0 Å². The van der Waals surface area contributed by atoms with Gasteiger partial charge in [0, 0.05) is 17.8 Å². The number of carbonyl (C=O) groups is 3. The molecule has 1 aliphatic heterocycles. The first-order valence-corrected chi connectivity index (χ1v) is 12.5. The van der Waals surface area contributed by atoms with Gasteiger partial charge < -0.3 is 15.4 Å². The average Bonchev–Trinajstić information content (AvgIpc) is 3.20. The summed E-state index contributed by atoms with van der Waals surface area (Å²) < 4.78 is 5.77. The van der Waals surface area contributed by atoms with E-state index in [0.717, 1.165) is 16.7 Å². The molecule has 0 radical (unpaired) electrons. The summed E-state index contributed by atoms with van der Waals surface area (Å²) in [6, 6.07) is 21.4. The van der Waals surface area contributed by atoms with Crippen LogP contribution in [-0.2, 0) is 16.1 Å². The van der Waals surface area contributed by atoms with Crippen molar-refractivity contribution in [3.63, 3.8) is 0 Å². The predicted molar refractivity (Wildman–Crippen MR) is 143 cm³/mol. The number of nitrogens with zero attached hydrogens (tertiary/aromatic N) is 1. The van der Waals surface area contributed by atoms with Gasteiger partial charge in [0.05, 0.1) is 6.54 Å². The zero-order valence-corrected chi connectivity index (χ0v) is 21.7. The van der Waals surface area contributed by atoms with Crippen LogP contribution in [0.15, 0.2) is 72.8 Å². The summed E-state index contributed by atoms with van der Waals surface area (Å²) in [5.41, 5.74) is 4.81. The Morgan fingerprint density at radius 2 is 1.59 bits per heavy atom. The molecule has 1 heterocycles. The molecule has 3 amide bonds. The van der Waals surface area contributed by atoms with Crippen LogP contribution in [0, 0.1) is 19.8 Å². The topological polar surface area (TPSA) is 87.7 Å².